The van der Waals surface area contributed by atoms with Gasteiger partial charge in [0, 0.05) is 31.6 Å². The van der Waals surface area contributed by atoms with Crippen LogP contribution in [0.1, 0.15) is 60.3 Å². The van der Waals surface area contributed by atoms with E-state index in [-0.39, 0.29) is 29.7 Å². The van der Waals surface area contributed by atoms with Gasteiger partial charge < -0.3 is 10.2 Å². The molecule has 2 aromatic rings. The van der Waals surface area contributed by atoms with Crippen LogP contribution in [0.3, 0.4) is 0 Å². The number of hydrogen-bond acceptors (Lipinski definition) is 4. The molecule has 5 rings (SSSR count). The van der Waals surface area contributed by atoms with Gasteiger partial charge in [0.15, 0.2) is 0 Å². The van der Waals surface area contributed by atoms with E-state index in [2.05, 4.69) is 11.4 Å². The number of rotatable bonds is 5. The highest BCUT2D eigenvalue weighted by Gasteiger charge is 2.49. The Morgan fingerprint density at radius 3 is 2.56 bits per heavy atom. The Kier molecular flexibility index (Phi) is 5.90. The van der Waals surface area contributed by atoms with Crippen LogP contribution in [0.4, 0.5) is 5.69 Å². The molecule has 3 aliphatic rings. The maximum atomic E-state index is 13.2. The monoisotopic (exact) mass is 461 g/mol. The van der Waals surface area contributed by atoms with E-state index in [0.29, 0.717) is 39.0 Å². The molecule has 3 aliphatic heterocycles. The van der Waals surface area contributed by atoms with Crippen molar-refractivity contribution in [2.45, 2.75) is 64.0 Å². The first-order valence-electron chi connectivity index (χ1n) is 12.1. The Labute approximate surface area is 200 Å². The SMILES string of the molecule is Cc1cc(C)c2c(c1)NC(=O)C2CC(=O)N1CCC2(CCC(=O)N2OCc2ccccc2)CC1. The van der Waals surface area contributed by atoms with Gasteiger partial charge in [0.25, 0.3) is 0 Å². The Morgan fingerprint density at radius 1 is 1.09 bits per heavy atom. The Morgan fingerprint density at radius 2 is 1.82 bits per heavy atom. The largest absolute Gasteiger partial charge is 0.342 e. The first kappa shape index (κ1) is 22.6. The van der Waals surface area contributed by atoms with Crippen LogP contribution in [-0.2, 0) is 25.8 Å². The lowest BCUT2D eigenvalue weighted by Crippen LogP contribution is -2.54. The normalized spacial score (nSPS) is 21.2. The zero-order valence-electron chi connectivity index (χ0n) is 19.8. The van der Waals surface area contributed by atoms with Gasteiger partial charge in [-0.15, -0.1) is 0 Å². The van der Waals surface area contributed by atoms with Crippen LogP contribution in [0, 0.1) is 13.8 Å². The zero-order chi connectivity index (χ0) is 23.9. The third-order valence-corrected chi connectivity index (χ3v) is 7.54. The third-order valence-electron chi connectivity index (χ3n) is 7.54. The molecule has 1 spiro atoms. The van der Waals surface area contributed by atoms with Crippen molar-refractivity contribution in [2.75, 3.05) is 18.4 Å². The molecule has 3 heterocycles. The van der Waals surface area contributed by atoms with Gasteiger partial charge in [-0.2, -0.15) is 0 Å². The van der Waals surface area contributed by atoms with Gasteiger partial charge in [0.1, 0.15) is 6.61 Å². The van der Waals surface area contributed by atoms with Gasteiger partial charge in [-0.05, 0) is 61.4 Å². The number of amides is 3. The summed E-state index contributed by atoms with van der Waals surface area (Å²) in [6.45, 7) is 5.47. The molecule has 2 aromatic carbocycles. The van der Waals surface area contributed by atoms with Gasteiger partial charge in [0.2, 0.25) is 17.7 Å². The van der Waals surface area contributed by atoms with Gasteiger partial charge in [-0.25, -0.2) is 5.06 Å². The summed E-state index contributed by atoms with van der Waals surface area (Å²) in [7, 11) is 0. The van der Waals surface area contributed by atoms with E-state index in [4.69, 9.17) is 4.84 Å². The van der Waals surface area contributed by atoms with Gasteiger partial charge in [-0.3, -0.25) is 19.2 Å². The van der Waals surface area contributed by atoms with E-state index in [1.807, 2.05) is 55.1 Å². The van der Waals surface area contributed by atoms with Crippen LogP contribution >= 0.6 is 0 Å². The molecule has 34 heavy (non-hydrogen) atoms. The average molecular weight is 462 g/mol. The number of nitrogens with zero attached hydrogens (tertiary/aromatic N) is 2. The van der Waals surface area contributed by atoms with E-state index in [1.165, 1.54) is 0 Å². The van der Waals surface area contributed by atoms with Crippen LogP contribution in [0.25, 0.3) is 0 Å². The van der Waals surface area contributed by atoms with Crippen molar-refractivity contribution in [3.63, 3.8) is 0 Å². The third kappa shape index (κ3) is 4.09. The van der Waals surface area contributed by atoms with Crippen molar-refractivity contribution in [3.8, 4) is 0 Å². The zero-order valence-corrected chi connectivity index (χ0v) is 19.8. The number of hydroxylamine groups is 2. The summed E-state index contributed by atoms with van der Waals surface area (Å²) in [5, 5.41) is 4.54. The van der Waals surface area contributed by atoms with Gasteiger partial charge in [0.05, 0.1) is 11.5 Å². The second-order valence-electron chi connectivity index (χ2n) is 9.84. The standard InChI is InChI=1S/C27H31N3O4/c1-18-14-19(2)25-21(26(33)28-22(25)15-18)16-24(32)29-12-10-27(11-13-29)9-8-23(31)30(27)34-17-20-6-4-3-5-7-20/h3-7,14-15,21H,8-13,16-17H2,1-2H3,(H,28,33). The van der Waals surface area contributed by atoms with E-state index in [9.17, 15) is 14.4 Å². The fourth-order valence-corrected chi connectivity index (χ4v) is 5.75. The summed E-state index contributed by atoms with van der Waals surface area (Å²) in [5.41, 5.74) is 4.57. The molecule has 7 nitrogen and oxygen atoms in total. The number of carbonyl (C=O) groups excluding carboxylic acids is 3. The quantitative estimate of drug-likeness (QED) is 0.734. The van der Waals surface area contributed by atoms with Crippen LogP contribution in [0.2, 0.25) is 0 Å². The Balaban J connectivity index is 1.22. The van der Waals surface area contributed by atoms with Crippen molar-refractivity contribution in [3.05, 3.63) is 64.7 Å². The summed E-state index contributed by atoms with van der Waals surface area (Å²) in [4.78, 5) is 46.3. The number of hydrogen-bond donors (Lipinski definition) is 1. The van der Waals surface area contributed by atoms with E-state index < -0.39 is 5.92 Å². The summed E-state index contributed by atoms with van der Waals surface area (Å²) in [6, 6.07) is 13.9. The molecule has 0 aliphatic carbocycles. The maximum Gasteiger partial charge on any atom is 0.246 e. The molecule has 0 aromatic heterocycles. The van der Waals surface area contributed by atoms with Crippen LogP contribution in [-0.4, -0.2) is 46.3 Å². The number of aryl methyl sites for hydroxylation is 2. The number of piperidine rings is 1. The molecule has 1 unspecified atom stereocenters. The Hall–Kier alpha value is -3.19. The van der Waals surface area contributed by atoms with Crippen LogP contribution < -0.4 is 5.32 Å². The summed E-state index contributed by atoms with van der Waals surface area (Å²) in [5.74, 6) is -0.547. The second-order valence-corrected chi connectivity index (χ2v) is 9.84. The smallest absolute Gasteiger partial charge is 0.246 e. The fourth-order valence-electron chi connectivity index (χ4n) is 5.75. The highest BCUT2D eigenvalue weighted by atomic mass is 16.7. The van der Waals surface area contributed by atoms with Crippen molar-refractivity contribution in [2.24, 2.45) is 0 Å². The molecular weight excluding hydrogens is 430 g/mol. The average Bonchev–Trinajstić information content (AvgIpc) is 3.29. The van der Waals surface area contributed by atoms with Crippen molar-refractivity contribution < 1.29 is 19.2 Å². The van der Waals surface area contributed by atoms with Gasteiger partial charge in [-0.1, -0.05) is 36.4 Å². The molecule has 178 valence electrons. The van der Waals surface area contributed by atoms with E-state index in [0.717, 1.165) is 34.4 Å². The van der Waals surface area contributed by atoms with Crippen LogP contribution in [0.15, 0.2) is 42.5 Å². The lowest BCUT2D eigenvalue weighted by atomic mass is 9.85. The van der Waals surface area contributed by atoms with Crippen molar-refractivity contribution >= 4 is 23.4 Å². The summed E-state index contributed by atoms with van der Waals surface area (Å²) >= 11 is 0. The lowest BCUT2D eigenvalue weighted by molar-refractivity contribution is -0.222. The van der Waals surface area contributed by atoms with E-state index in [1.54, 1.807) is 5.06 Å². The van der Waals surface area contributed by atoms with E-state index >= 15 is 0 Å². The minimum atomic E-state index is -0.447. The number of likely N-dealkylation sites (tertiary alicyclic amines) is 1. The first-order chi connectivity index (χ1) is 16.4. The maximum absolute atomic E-state index is 13.2. The molecule has 1 N–H and O–H groups in total. The second kappa shape index (κ2) is 8.87. The van der Waals surface area contributed by atoms with Crippen molar-refractivity contribution in [1.29, 1.82) is 0 Å². The molecule has 0 saturated carbocycles. The lowest BCUT2D eigenvalue weighted by Gasteiger charge is -2.43. The van der Waals surface area contributed by atoms with Crippen LogP contribution in [0.5, 0.6) is 0 Å². The number of nitrogens with one attached hydrogen (secondary N) is 1. The molecule has 3 amide bonds. The molecule has 2 fully saturated rings. The molecule has 0 bridgehead atoms. The van der Waals surface area contributed by atoms with Gasteiger partial charge >= 0.3 is 0 Å². The molecule has 7 heteroatoms. The fraction of sp³-hybridized carbons (Fsp3) is 0.444. The number of fused-ring (bicyclic) bond motifs is 1. The topological polar surface area (TPSA) is 79.0 Å². The highest BCUT2D eigenvalue weighted by molar-refractivity contribution is 6.05. The number of carbonyl (C=O) groups is 3. The first-order valence-corrected chi connectivity index (χ1v) is 12.1. The number of anilines is 1. The number of benzene rings is 2. The molecule has 0 radical (unpaired) electrons. The Bertz CT molecular complexity index is 1120. The minimum Gasteiger partial charge on any atom is -0.342 e. The summed E-state index contributed by atoms with van der Waals surface area (Å²) in [6.07, 6.45) is 2.76. The molecule has 1 atom stereocenters. The molecular formula is C27H31N3O4. The summed E-state index contributed by atoms with van der Waals surface area (Å²) < 4.78 is 0. The van der Waals surface area contributed by atoms with Crippen molar-refractivity contribution in [1.82, 2.24) is 9.96 Å². The predicted octanol–water partition coefficient (Wildman–Crippen LogP) is 3.84. The minimum absolute atomic E-state index is 0.0103. The highest BCUT2D eigenvalue weighted by Crippen LogP contribution is 2.41. The molecule has 2 saturated heterocycles. The predicted molar refractivity (Wildman–Crippen MR) is 128 cm³/mol.